The highest BCUT2D eigenvalue weighted by Crippen LogP contribution is 2.19. The summed E-state index contributed by atoms with van der Waals surface area (Å²) in [6, 6.07) is 8.57. The molecule has 0 saturated heterocycles. The van der Waals surface area contributed by atoms with Crippen LogP contribution in [0.5, 0.6) is 0 Å². The summed E-state index contributed by atoms with van der Waals surface area (Å²) < 4.78 is 2.61. The molecule has 0 radical (unpaired) electrons. The average Bonchev–Trinajstić information content (AvgIpc) is 2.76. The third kappa shape index (κ3) is 2.58. The molecule has 3 rings (SSSR count). The quantitative estimate of drug-likeness (QED) is 0.812. The largest absolute Gasteiger partial charge is 0.357 e. The van der Waals surface area contributed by atoms with E-state index >= 15 is 0 Å². The highest BCUT2D eigenvalue weighted by molar-refractivity contribution is 7.17. The first-order valence-electron chi connectivity index (χ1n) is 7.34. The lowest BCUT2D eigenvalue weighted by Crippen LogP contribution is -2.22. The van der Waals surface area contributed by atoms with Crippen LogP contribution >= 0.6 is 11.3 Å². The smallest absolute Gasteiger partial charge is 0.0355 e. The molecule has 2 heteroatoms. The van der Waals surface area contributed by atoms with Crippen LogP contribution in [0.3, 0.4) is 0 Å². The highest BCUT2D eigenvalue weighted by Gasteiger charge is 2.08. The monoisotopic (exact) mass is 305 g/mol. The molecule has 0 fully saturated rings. The molecule has 1 nitrogen and oxygen atoms in total. The molecule has 1 aliphatic heterocycles. The number of thiophene rings is 1. The number of allylic oxidation sites excluding steroid dienone is 5. The van der Waals surface area contributed by atoms with Gasteiger partial charge in [-0.1, -0.05) is 49.1 Å². The minimum absolute atomic E-state index is 1.18. The molecule has 0 amide bonds. The van der Waals surface area contributed by atoms with Gasteiger partial charge in [0.2, 0.25) is 0 Å². The minimum Gasteiger partial charge on any atom is -0.357 e. The second kappa shape index (κ2) is 6.20. The van der Waals surface area contributed by atoms with Crippen molar-refractivity contribution >= 4 is 33.1 Å². The molecule has 0 aliphatic carbocycles. The summed E-state index contributed by atoms with van der Waals surface area (Å²) in [4.78, 5) is 2.07. The van der Waals surface area contributed by atoms with Crippen molar-refractivity contribution in [2.24, 2.45) is 0 Å². The van der Waals surface area contributed by atoms with Gasteiger partial charge in [-0.05, 0) is 30.2 Å². The van der Waals surface area contributed by atoms with Crippen molar-refractivity contribution in [2.75, 3.05) is 7.05 Å². The van der Waals surface area contributed by atoms with Crippen LogP contribution in [0.1, 0.15) is 6.92 Å². The molecule has 1 aromatic heterocycles. The Hall–Kier alpha value is -2.32. The van der Waals surface area contributed by atoms with Crippen molar-refractivity contribution in [1.82, 2.24) is 4.90 Å². The molecule has 0 saturated carbocycles. The Morgan fingerprint density at radius 3 is 2.82 bits per heavy atom. The van der Waals surface area contributed by atoms with Gasteiger partial charge in [-0.15, -0.1) is 11.3 Å². The zero-order chi connectivity index (χ0) is 15.5. The van der Waals surface area contributed by atoms with Crippen LogP contribution < -0.4 is 9.75 Å². The number of benzene rings is 1. The third-order valence-corrected chi connectivity index (χ3v) is 4.96. The lowest BCUT2D eigenvalue weighted by molar-refractivity contribution is 0.625. The average molecular weight is 305 g/mol. The molecule has 1 aliphatic rings. The summed E-state index contributed by atoms with van der Waals surface area (Å²) in [6.07, 6.45) is 14.6. The number of nitrogens with zero attached hydrogens (tertiary/aromatic N) is 1. The van der Waals surface area contributed by atoms with E-state index in [1.54, 1.807) is 0 Å². The van der Waals surface area contributed by atoms with E-state index in [9.17, 15) is 0 Å². The molecule has 22 heavy (non-hydrogen) atoms. The van der Waals surface area contributed by atoms with Crippen molar-refractivity contribution in [3.8, 4) is 0 Å². The van der Waals surface area contributed by atoms with Gasteiger partial charge in [0.1, 0.15) is 0 Å². The van der Waals surface area contributed by atoms with Crippen LogP contribution in [0.15, 0.2) is 73.1 Å². The number of fused-ring (bicyclic) bond motifs is 1. The highest BCUT2D eigenvalue weighted by atomic mass is 32.1. The van der Waals surface area contributed by atoms with Crippen LogP contribution in [-0.4, -0.2) is 11.9 Å². The molecule has 0 unspecified atom stereocenters. The van der Waals surface area contributed by atoms with Crippen molar-refractivity contribution in [3.63, 3.8) is 0 Å². The molecule has 1 aromatic carbocycles. The summed E-state index contributed by atoms with van der Waals surface area (Å²) in [5, 5.41) is 2.58. The van der Waals surface area contributed by atoms with E-state index < -0.39 is 0 Å². The molecular weight excluding hydrogens is 286 g/mol. The number of hydrogen-bond acceptors (Lipinski definition) is 2. The molecular formula is C20H19NS. The van der Waals surface area contributed by atoms with Crippen LogP contribution in [0.4, 0.5) is 0 Å². The fourth-order valence-electron chi connectivity index (χ4n) is 2.72. The van der Waals surface area contributed by atoms with E-state index in [-0.39, 0.29) is 0 Å². The normalized spacial score (nSPS) is 16.7. The number of rotatable bonds is 2. The maximum Gasteiger partial charge on any atom is 0.0355 e. The Morgan fingerprint density at radius 2 is 2.05 bits per heavy atom. The lowest BCUT2D eigenvalue weighted by Gasteiger charge is -2.09. The van der Waals surface area contributed by atoms with Gasteiger partial charge in [-0.2, -0.15) is 0 Å². The number of hydrogen-bond donors (Lipinski definition) is 0. The van der Waals surface area contributed by atoms with Crippen molar-refractivity contribution in [2.45, 2.75) is 6.92 Å². The molecule has 2 aromatic rings. The Morgan fingerprint density at radius 1 is 1.23 bits per heavy atom. The lowest BCUT2D eigenvalue weighted by atomic mass is 10.0. The van der Waals surface area contributed by atoms with Gasteiger partial charge in [0, 0.05) is 39.3 Å². The first-order valence-corrected chi connectivity index (χ1v) is 8.16. The van der Waals surface area contributed by atoms with Crippen LogP contribution in [0.2, 0.25) is 0 Å². The molecule has 0 N–H and O–H groups in total. The first kappa shape index (κ1) is 14.6. The Balaban J connectivity index is 2.43. The van der Waals surface area contributed by atoms with Gasteiger partial charge in [0.25, 0.3) is 0 Å². The van der Waals surface area contributed by atoms with Gasteiger partial charge in [0.05, 0.1) is 0 Å². The fraction of sp³-hybridized carbons (Fsp3) is 0.100. The molecule has 0 atom stereocenters. The van der Waals surface area contributed by atoms with Crippen molar-refractivity contribution in [3.05, 3.63) is 82.9 Å². The van der Waals surface area contributed by atoms with Gasteiger partial charge >= 0.3 is 0 Å². The maximum atomic E-state index is 4.07. The van der Waals surface area contributed by atoms with Crippen LogP contribution in [-0.2, 0) is 0 Å². The summed E-state index contributed by atoms with van der Waals surface area (Å²) in [6.45, 7) is 6.17. The second-order valence-electron chi connectivity index (χ2n) is 5.19. The molecule has 110 valence electrons. The maximum absolute atomic E-state index is 4.07. The predicted molar refractivity (Wildman–Crippen MR) is 98.9 cm³/mol. The Bertz CT molecular complexity index is 922. The Labute approximate surface area is 135 Å². The third-order valence-electron chi connectivity index (χ3n) is 3.72. The van der Waals surface area contributed by atoms with E-state index in [2.05, 4.69) is 67.1 Å². The first-order chi connectivity index (χ1) is 10.7. The van der Waals surface area contributed by atoms with Gasteiger partial charge in [0.15, 0.2) is 0 Å². The van der Waals surface area contributed by atoms with E-state index in [4.69, 9.17) is 0 Å². The SMILES string of the molecule is C=C/C(C1=CN(C)C=CC=C1)=c1\c(=C/C)sc2ccccc12. The van der Waals surface area contributed by atoms with Gasteiger partial charge < -0.3 is 4.90 Å². The van der Waals surface area contributed by atoms with Crippen molar-refractivity contribution < 1.29 is 0 Å². The molecule has 2 heterocycles. The molecule has 0 spiro atoms. The predicted octanol–water partition coefficient (Wildman–Crippen LogP) is 3.94. The van der Waals surface area contributed by atoms with Crippen LogP contribution in [0, 0.1) is 0 Å². The zero-order valence-electron chi connectivity index (χ0n) is 12.9. The topological polar surface area (TPSA) is 3.24 Å². The fourth-order valence-corrected chi connectivity index (χ4v) is 3.82. The standard InChI is InChI=1S/C20H19NS/c1-4-16(15-10-8-9-13-21(3)14-15)20-17-11-6-7-12-19(17)22-18(20)5-2/h4-14H,1H2,2-3H3/b18-5+,20-16+. The van der Waals surface area contributed by atoms with E-state index in [1.165, 1.54) is 31.0 Å². The zero-order valence-corrected chi connectivity index (χ0v) is 13.7. The van der Waals surface area contributed by atoms with E-state index in [1.807, 2.05) is 36.7 Å². The van der Waals surface area contributed by atoms with Gasteiger partial charge in [-0.3, -0.25) is 0 Å². The summed E-state index contributed by atoms with van der Waals surface area (Å²) in [5.74, 6) is 0. The summed E-state index contributed by atoms with van der Waals surface area (Å²) in [5.41, 5.74) is 2.35. The second-order valence-corrected chi connectivity index (χ2v) is 6.28. The van der Waals surface area contributed by atoms with Crippen LogP contribution in [0.25, 0.3) is 21.7 Å². The van der Waals surface area contributed by atoms with E-state index in [0.29, 0.717) is 0 Å². The Kier molecular flexibility index (Phi) is 4.12. The molecule has 0 bridgehead atoms. The van der Waals surface area contributed by atoms with Gasteiger partial charge in [-0.25, -0.2) is 0 Å². The minimum atomic E-state index is 1.18. The summed E-state index contributed by atoms with van der Waals surface area (Å²) in [7, 11) is 2.04. The van der Waals surface area contributed by atoms with E-state index in [0.717, 1.165) is 0 Å². The summed E-state index contributed by atoms with van der Waals surface area (Å²) >= 11 is 1.83. The van der Waals surface area contributed by atoms with Crippen molar-refractivity contribution in [1.29, 1.82) is 0 Å².